The third-order valence-corrected chi connectivity index (χ3v) is 3.37. The number of nitrogens with one attached hydrogen (secondary N) is 2. The molecule has 2 heterocycles. The Labute approximate surface area is 71.2 Å². The molecule has 0 aromatic rings. The molecule has 2 N–H and O–H groups in total. The summed E-state index contributed by atoms with van der Waals surface area (Å²) in [6.45, 7) is 1.98. The molecule has 0 saturated carbocycles. The van der Waals surface area contributed by atoms with E-state index in [-0.39, 0.29) is 11.3 Å². The van der Waals surface area contributed by atoms with Crippen molar-refractivity contribution in [3.63, 3.8) is 0 Å². The highest BCUT2D eigenvalue weighted by atomic mass is 16.2. The summed E-state index contributed by atoms with van der Waals surface area (Å²) in [7, 11) is 0. The maximum atomic E-state index is 11.6. The van der Waals surface area contributed by atoms with Crippen LogP contribution in [0.5, 0.6) is 0 Å². The Bertz CT molecular complexity index is 276. The normalized spacial score (nSPS) is 35.8. The molecule has 3 nitrogen and oxygen atoms in total. The first-order chi connectivity index (χ1) is 5.83. The van der Waals surface area contributed by atoms with E-state index in [0.717, 1.165) is 25.9 Å². The number of piperidine rings is 1. The van der Waals surface area contributed by atoms with Crippen LogP contribution in [-0.2, 0) is 4.79 Å². The van der Waals surface area contributed by atoms with Gasteiger partial charge in [0.1, 0.15) is 0 Å². The minimum absolute atomic E-state index is 0.0411. The fourth-order valence-electron chi connectivity index (χ4n) is 2.52. The summed E-state index contributed by atoms with van der Waals surface area (Å²) in [4.78, 5) is 11.6. The fraction of sp³-hybridized carbons (Fsp3) is 0.667. The largest absolute Gasteiger partial charge is 0.329 e. The molecule has 2 saturated heterocycles. The molecule has 0 bridgehead atoms. The predicted octanol–water partition coefficient (Wildman–Crippen LogP) is -0.000300. The first-order valence-electron chi connectivity index (χ1n) is 4.57. The van der Waals surface area contributed by atoms with Crippen LogP contribution in [0.2, 0.25) is 0 Å². The number of hydrogen-bond acceptors (Lipinski definition) is 2. The van der Waals surface area contributed by atoms with Crippen molar-refractivity contribution in [2.45, 2.75) is 12.8 Å². The van der Waals surface area contributed by atoms with E-state index in [2.05, 4.69) is 16.7 Å². The van der Waals surface area contributed by atoms with E-state index in [0.29, 0.717) is 5.92 Å². The SMILES string of the molecule is O=C1NC2=CC2C12CCNCC2. The third-order valence-electron chi connectivity index (χ3n) is 3.37. The molecule has 0 radical (unpaired) electrons. The summed E-state index contributed by atoms with van der Waals surface area (Å²) in [5.41, 5.74) is 1.14. The Morgan fingerprint density at radius 3 is 2.75 bits per heavy atom. The van der Waals surface area contributed by atoms with Crippen molar-refractivity contribution in [2.24, 2.45) is 11.3 Å². The van der Waals surface area contributed by atoms with Gasteiger partial charge in [0.25, 0.3) is 0 Å². The molecule has 2 fully saturated rings. The van der Waals surface area contributed by atoms with E-state index in [1.54, 1.807) is 0 Å². The van der Waals surface area contributed by atoms with Gasteiger partial charge in [0.05, 0.1) is 5.41 Å². The lowest BCUT2D eigenvalue weighted by Crippen LogP contribution is -2.44. The van der Waals surface area contributed by atoms with E-state index in [9.17, 15) is 4.79 Å². The van der Waals surface area contributed by atoms with E-state index >= 15 is 0 Å². The van der Waals surface area contributed by atoms with Crippen LogP contribution in [-0.4, -0.2) is 19.0 Å². The molecule has 12 heavy (non-hydrogen) atoms. The summed E-state index contributed by atoms with van der Waals surface area (Å²) in [6.07, 6.45) is 4.19. The van der Waals surface area contributed by atoms with Crippen LogP contribution in [0, 0.1) is 11.3 Å². The third kappa shape index (κ3) is 0.630. The zero-order valence-electron chi connectivity index (χ0n) is 6.89. The number of hydrogen-bond donors (Lipinski definition) is 2. The zero-order valence-corrected chi connectivity index (χ0v) is 6.89. The van der Waals surface area contributed by atoms with Crippen LogP contribution in [0.15, 0.2) is 11.8 Å². The minimum Gasteiger partial charge on any atom is -0.329 e. The smallest absolute Gasteiger partial charge is 0.231 e. The van der Waals surface area contributed by atoms with Gasteiger partial charge >= 0.3 is 0 Å². The van der Waals surface area contributed by atoms with Crippen LogP contribution < -0.4 is 10.6 Å². The molecule has 3 rings (SSSR count). The van der Waals surface area contributed by atoms with Gasteiger partial charge in [-0.3, -0.25) is 4.79 Å². The Morgan fingerprint density at radius 1 is 1.42 bits per heavy atom. The topological polar surface area (TPSA) is 41.1 Å². The number of amides is 1. The Morgan fingerprint density at radius 2 is 2.17 bits per heavy atom. The van der Waals surface area contributed by atoms with Crippen LogP contribution in [0.25, 0.3) is 0 Å². The van der Waals surface area contributed by atoms with Crippen LogP contribution in [0.3, 0.4) is 0 Å². The molecule has 0 aromatic heterocycles. The van der Waals surface area contributed by atoms with Crippen molar-refractivity contribution in [2.75, 3.05) is 13.1 Å². The van der Waals surface area contributed by atoms with Crippen LogP contribution in [0.4, 0.5) is 0 Å². The quantitative estimate of drug-likeness (QED) is 0.529. The molecule has 1 atom stereocenters. The second-order valence-corrected chi connectivity index (χ2v) is 3.96. The summed E-state index contributed by atoms with van der Waals surface area (Å²) in [6, 6.07) is 0. The maximum Gasteiger partial charge on any atom is 0.231 e. The van der Waals surface area contributed by atoms with Gasteiger partial charge in [-0.05, 0) is 25.9 Å². The number of carbonyl (C=O) groups excluding carboxylic acids is 1. The Balaban J connectivity index is 1.92. The highest BCUT2D eigenvalue weighted by Crippen LogP contribution is 2.53. The second-order valence-electron chi connectivity index (χ2n) is 3.96. The summed E-state index contributed by atoms with van der Waals surface area (Å²) in [5, 5.41) is 6.24. The molecule has 0 aromatic carbocycles. The number of fused-ring (bicyclic) bond motifs is 2. The zero-order chi connectivity index (χ0) is 8.18. The molecular weight excluding hydrogens is 152 g/mol. The van der Waals surface area contributed by atoms with Crippen molar-refractivity contribution in [3.8, 4) is 0 Å². The highest BCUT2D eigenvalue weighted by molar-refractivity contribution is 5.91. The fourth-order valence-corrected chi connectivity index (χ4v) is 2.52. The number of allylic oxidation sites excluding steroid dienone is 2. The highest BCUT2D eigenvalue weighted by Gasteiger charge is 2.57. The van der Waals surface area contributed by atoms with E-state index < -0.39 is 0 Å². The van der Waals surface area contributed by atoms with E-state index in [1.807, 2.05) is 0 Å². The average molecular weight is 164 g/mol. The second kappa shape index (κ2) is 1.91. The van der Waals surface area contributed by atoms with Crippen molar-refractivity contribution in [1.29, 1.82) is 0 Å². The van der Waals surface area contributed by atoms with Crippen molar-refractivity contribution in [3.05, 3.63) is 11.8 Å². The molecule has 1 unspecified atom stereocenters. The van der Waals surface area contributed by atoms with Crippen molar-refractivity contribution >= 4 is 5.91 Å². The summed E-state index contributed by atoms with van der Waals surface area (Å²) >= 11 is 0. The molecule has 3 heteroatoms. The van der Waals surface area contributed by atoms with Crippen LogP contribution in [0.1, 0.15) is 12.8 Å². The Kier molecular flexibility index (Phi) is 1.06. The van der Waals surface area contributed by atoms with Gasteiger partial charge in [0, 0.05) is 11.6 Å². The van der Waals surface area contributed by atoms with Gasteiger partial charge in [0.15, 0.2) is 0 Å². The number of rotatable bonds is 0. The lowest BCUT2D eigenvalue weighted by molar-refractivity contribution is -0.129. The minimum atomic E-state index is -0.0411. The van der Waals surface area contributed by atoms with Crippen LogP contribution >= 0.6 is 0 Å². The molecule has 1 aliphatic carbocycles. The monoisotopic (exact) mass is 164 g/mol. The average Bonchev–Trinajstić information content (AvgIpc) is 2.80. The van der Waals surface area contributed by atoms with Gasteiger partial charge < -0.3 is 10.6 Å². The van der Waals surface area contributed by atoms with Crippen molar-refractivity contribution in [1.82, 2.24) is 10.6 Å². The lowest BCUT2D eigenvalue weighted by Gasteiger charge is -2.32. The van der Waals surface area contributed by atoms with Crippen molar-refractivity contribution < 1.29 is 4.79 Å². The summed E-state index contributed by atoms with van der Waals surface area (Å²) < 4.78 is 0. The molecule has 2 aliphatic heterocycles. The molecule has 1 spiro atoms. The summed E-state index contributed by atoms with van der Waals surface area (Å²) in [5.74, 6) is 0.749. The maximum absolute atomic E-state index is 11.6. The Hall–Kier alpha value is -0.830. The van der Waals surface area contributed by atoms with E-state index in [4.69, 9.17) is 0 Å². The van der Waals surface area contributed by atoms with Gasteiger partial charge in [0.2, 0.25) is 5.91 Å². The first-order valence-corrected chi connectivity index (χ1v) is 4.57. The molecule has 1 amide bonds. The first kappa shape index (κ1) is 6.66. The van der Waals surface area contributed by atoms with Gasteiger partial charge in [-0.15, -0.1) is 0 Å². The van der Waals surface area contributed by atoms with Gasteiger partial charge in [-0.1, -0.05) is 6.08 Å². The lowest BCUT2D eigenvalue weighted by atomic mass is 9.74. The van der Waals surface area contributed by atoms with Gasteiger partial charge in [-0.2, -0.15) is 0 Å². The predicted molar refractivity (Wildman–Crippen MR) is 44.3 cm³/mol. The molecule has 64 valence electrons. The standard InChI is InChI=1S/C9H12N2O/c12-8-9(1-3-10-4-2-9)6-5-7(6)11-8/h5-6,10H,1-4H2,(H,11,12). The van der Waals surface area contributed by atoms with Gasteiger partial charge in [-0.25, -0.2) is 0 Å². The molecular formula is C9H12N2O. The molecule has 3 aliphatic rings. The van der Waals surface area contributed by atoms with E-state index in [1.165, 1.54) is 5.70 Å². The number of carbonyl (C=O) groups is 1.